The average Bonchev–Trinajstić information content (AvgIpc) is 2.84. The molecule has 1 heterocycles. The van der Waals surface area contributed by atoms with Crippen molar-refractivity contribution >= 4 is 17.6 Å². The molecule has 3 aromatic rings. The van der Waals surface area contributed by atoms with E-state index in [0.717, 1.165) is 53.8 Å². The maximum absolute atomic E-state index is 6.34. The minimum atomic E-state index is -0.423. The van der Waals surface area contributed by atoms with Crippen LogP contribution in [0.1, 0.15) is 37.7 Å². The van der Waals surface area contributed by atoms with Crippen LogP contribution >= 0.6 is 0 Å². The molecule has 6 heteroatoms. The molecule has 3 aromatic carbocycles. The first kappa shape index (κ1) is 21.1. The standard InChI is InChI=1S/C27H29N5O/c28-25-30-26(29)32(27(31-25)17-5-2-6-18-27)23-13-9-21(10-14-23)22-11-15-24(16-12-22)33-19-20-7-3-1-4-8-20/h1,3-4,7-16H,2,5-6,17-19H2,(H4,28,29,30,31). The highest BCUT2D eigenvalue weighted by Crippen LogP contribution is 2.39. The number of rotatable bonds is 5. The lowest BCUT2D eigenvalue weighted by Gasteiger charge is -2.45. The molecule has 1 aliphatic carbocycles. The number of aliphatic imine (C=N–C) groups is 2. The Balaban J connectivity index is 1.32. The summed E-state index contributed by atoms with van der Waals surface area (Å²) >= 11 is 0. The molecular weight excluding hydrogens is 410 g/mol. The first-order valence-electron chi connectivity index (χ1n) is 11.5. The lowest BCUT2D eigenvalue weighted by molar-refractivity contribution is 0.305. The normalized spacial score (nSPS) is 17.4. The lowest BCUT2D eigenvalue weighted by atomic mass is 9.87. The third kappa shape index (κ3) is 4.42. The van der Waals surface area contributed by atoms with Gasteiger partial charge in [0.1, 0.15) is 18.0 Å². The van der Waals surface area contributed by atoms with Crippen molar-refractivity contribution in [2.45, 2.75) is 44.4 Å². The molecular formula is C27H29N5O. The van der Waals surface area contributed by atoms with E-state index in [9.17, 15) is 0 Å². The first-order chi connectivity index (χ1) is 16.1. The summed E-state index contributed by atoms with van der Waals surface area (Å²) in [4.78, 5) is 11.1. The Labute approximate surface area is 194 Å². The summed E-state index contributed by atoms with van der Waals surface area (Å²) in [6, 6.07) is 26.8. The Hall–Kier alpha value is -3.80. The van der Waals surface area contributed by atoms with Crippen molar-refractivity contribution in [3.8, 4) is 16.9 Å². The largest absolute Gasteiger partial charge is 0.489 e. The highest BCUT2D eigenvalue weighted by Gasteiger charge is 2.42. The van der Waals surface area contributed by atoms with Gasteiger partial charge in [0, 0.05) is 5.69 Å². The van der Waals surface area contributed by atoms with E-state index in [2.05, 4.69) is 58.4 Å². The lowest BCUT2D eigenvalue weighted by Crippen LogP contribution is -2.58. The molecule has 0 amide bonds. The number of nitrogens with zero attached hydrogens (tertiary/aromatic N) is 3. The van der Waals surface area contributed by atoms with Gasteiger partial charge in [-0.05, 0) is 66.6 Å². The molecule has 0 aromatic heterocycles. The highest BCUT2D eigenvalue weighted by atomic mass is 16.5. The predicted molar refractivity (Wildman–Crippen MR) is 134 cm³/mol. The van der Waals surface area contributed by atoms with E-state index in [0.29, 0.717) is 12.6 Å². The van der Waals surface area contributed by atoms with Crippen LogP contribution in [0.2, 0.25) is 0 Å². The fraction of sp³-hybridized carbons (Fsp3) is 0.259. The van der Waals surface area contributed by atoms with Crippen molar-refractivity contribution in [1.82, 2.24) is 0 Å². The van der Waals surface area contributed by atoms with Crippen LogP contribution in [-0.2, 0) is 6.61 Å². The summed E-state index contributed by atoms with van der Waals surface area (Å²) in [6.45, 7) is 0.558. The second-order valence-electron chi connectivity index (χ2n) is 8.66. The van der Waals surface area contributed by atoms with Crippen LogP contribution in [-0.4, -0.2) is 17.6 Å². The maximum atomic E-state index is 6.34. The summed E-state index contributed by atoms with van der Waals surface area (Å²) in [6.07, 6.45) is 5.28. The highest BCUT2D eigenvalue weighted by molar-refractivity contribution is 6.05. The third-order valence-corrected chi connectivity index (χ3v) is 6.41. The molecule has 1 saturated carbocycles. The molecule has 4 N–H and O–H groups in total. The number of anilines is 1. The van der Waals surface area contributed by atoms with Crippen molar-refractivity contribution in [2.24, 2.45) is 21.5 Å². The number of nitrogens with two attached hydrogens (primary N) is 2. The van der Waals surface area contributed by atoms with E-state index in [1.54, 1.807) is 0 Å². The Bertz CT molecular complexity index is 1150. The van der Waals surface area contributed by atoms with Crippen LogP contribution in [0.15, 0.2) is 88.8 Å². The average molecular weight is 440 g/mol. The van der Waals surface area contributed by atoms with E-state index >= 15 is 0 Å². The number of hydrogen-bond acceptors (Lipinski definition) is 6. The smallest absolute Gasteiger partial charge is 0.220 e. The Kier molecular flexibility index (Phi) is 5.73. The molecule has 0 unspecified atom stereocenters. The van der Waals surface area contributed by atoms with Gasteiger partial charge in [-0.15, -0.1) is 0 Å². The Morgan fingerprint density at radius 1 is 0.788 bits per heavy atom. The van der Waals surface area contributed by atoms with Gasteiger partial charge in [0.15, 0.2) is 0 Å². The summed E-state index contributed by atoms with van der Waals surface area (Å²) in [5.74, 6) is 1.54. The van der Waals surface area contributed by atoms with Gasteiger partial charge in [-0.2, -0.15) is 4.99 Å². The second kappa shape index (κ2) is 8.98. The first-order valence-corrected chi connectivity index (χ1v) is 11.5. The molecule has 6 nitrogen and oxygen atoms in total. The summed E-state index contributed by atoms with van der Waals surface area (Å²) < 4.78 is 5.91. The van der Waals surface area contributed by atoms with Gasteiger partial charge in [-0.25, -0.2) is 4.99 Å². The van der Waals surface area contributed by atoms with Crippen LogP contribution in [0, 0.1) is 0 Å². The molecule has 5 rings (SSSR count). The number of ether oxygens (including phenoxy) is 1. The van der Waals surface area contributed by atoms with Gasteiger partial charge in [0.2, 0.25) is 11.9 Å². The van der Waals surface area contributed by atoms with E-state index in [1.807, 2.05) is 30.3 Å². The molecule has 0 saturated heterocycles. The van der Waals surface area contributed by atoms with Gasteiger partial charge in [-0.3, -0.25) is 4.90 Å². The summed E-state index contributed by atoms with van der Waals surface area (Å²) in [5.41, 5.74) is 16.3. The van der Waals surface area contributed by atoms with E-state index in [4.69, 9.17) is 21.2 Å². The zero-order valence-corrected chi connectivity index (χ0v) is 18.7. The van der Waals surface area contributed by atoms with Crippen LogP contribution < -0.4 is 21.1 Å². The van der Waals surface area contributed by atoms with Gasteiger partial charge in [-0.1, -0.05) is 61.0 Å². The van der Waals surface area contributed by atoms with Crippen LogP contribution in [0.4, 0.5) is 5.69 Å². The minimum Gasteiger partial charge on any atom is -0.489 e. The van der Waals surface area contributed by atoms with Crippen molar-refractivity contribution in [1.29, 1.82) is 0 Å². The van der Waals surface area contributed by atoms with Crippen molar-refractivity contribution < 1.29 is 4.74 Å². The van der Waals surface area contributed by atoms with Crippen molar-refractivity contribution in [3.63, 3.8) is 0 Å². The maximum Gasteiger partial charge on any atom is 0.220 e. The third-order valence-electron chi connectivity index (χ3n) is 6.41. The van der Waals surface area contributed by atoms with E-state index < -0.39 is 5.66 Å². The molecule has 1 spiro atoms. The fourth-order valence-electron chi connectivity index (χ4n) is 4.78. The van der Waals surface area contributed by atoms with Crippen LogP contribution in [0.3, 0.4) is 0 Å². The van der Waals surface area contributed by atoms with Gasteiger partial charge in [0.05, 0.1) is 0 Å². The molecule has 33 heavy (non-hydrogen) atoms. The monoisotopic (exact) mass is 439 g/mol. The zero-order chi connectivity index (χ0) is 22.7. The molecule has 0 atom stereocenters. The summed E-state index contributed by atoms with van der Waals surface area (Å²) in [5, 5.41) is 0. The predicted octanol–water partition coefficient (Wildman–Crippen LogP) is 5.04. The van der Waals surface area contributed by atoms with E-state index in [-0.39, 0.29) is 5.96 Å². The molecule has 1 fully saturated rings. The van der Waals surface area contributed by atoms with E-state index in [1.165, 1.54) is 6.42 Å². The molecule has 0 radical (unpaired) electrons. The molecule has 0 bridgehead atoms. The molecule has 2 aliphatic rings. The fourth-order valence-corrected chi connectivity index (χ4v) is 4.78. The van der Waals surface area contributed by atoms with Crippen LogP contribution in [0.25, 0.3) is 11.1 Å². The van der Waals surface area contributed by atoms with Gasteiger partial charge in [0.25, 0.3) is 0 Å². The molecule has 1 aliphatic heterocycles. The van der Waals surface area contributed by atoms with Crippen LogP contribution in [0.5, 0.6) is 5.75 Å². The van der Waals surface area contributed by atoms with Crippen molar-refractivity contribution in [3.05, 3.63) is 84.4 Å². The second-order valence-corrected chi connectivity index (χ2v) is 8.66. The van der Waals surface area contributed by atoms with Crippen molar-refractivity contribution in [2.75, 3.05) is 4.90 Å². The number of benzene rings is 3. The SMILES string of the molecule is NC1=NC2(CCCCC2)N(c2ccc(-c3ccc(OCc4ccccc4)cc3)cc2)C(N)=N1. The topological polar surface area (TPSA) is 89.2 Å². The number of guanidine groups is 2. The minimum absolute atomic E-state index is 0.275. The molecule has 168 valence electrons. The quantitative estimate of drug-likeness (QED) is 0.583. The summed E-state index contributed by atoms with van der Waals surface area (Å²) in [7, 11) is 0. The van der Waals surface area contributed by atoms with Gasteiger partial charge < -0.3 is 16.2 Å². The number of hydrogen-bond donors (Lipinski definition) is 2. The van der Waals surface area contributed by atoms with Gasteiger partial charge >= 0.3 is 0 Å². The Morgan fingerprint density at radius 3 is 2.09 bits per heavy atom. The zero-order valence-electron chi connectivity index (χ0n) is 18.7. The Morgan fingerprint density at radius 2 is 1.42 bits per heavy atom.